The molecule has 0 saturated heterocycles. The van der Waals surface area contributed by atoms with E-state index in [9.17, 15) is 13.2 Å². The third kappa shape index (κ3) is 3.35. The largest absolute Gasteiger partial charge is 0.298 e. The Kier molecular flexibility index (Phi) is 2.79. The Morgan fingerprint density at radius 3 is 2.62 bits per heavy atom. The highest BCUT2D eigenvalue weighted by Gasteiger charge is 2.04. The van der Waals surface area contributed by atoms with Crippen molar-refractivity contribution in [3.63, 3.8) is 0 Å². The maximum atomic E-state index is 10.7. The molecule has 0 bridgehead atoms. The molecule has 70 valence electrons. The number of hydrogen-bond donors (Lipinski definition) is 1. The summed E-state index contributed by atoms with van der Waals surface area (Å²) in [5, 5.41) is 4.84. The summed E-state index contributed by atoms with van der Waals surface area (Å²) >= 11 is 0. The molecule has 1 aromatic rings. The molecule has 0 aromatic heterocycles. The molecule has 1 aromatic carbocycles. The summed E-state index contributed by atoms with van der Waals surface area (Å²) < 4.78 is 21.4. The van der Waals surface area contributed by atoms with E-state index in [1.807, 2.05) is 0 Å². The summed E-state index contributed by atoms with van der Waals surface area (Å²) in [7, 11) is -3.52. The Morgan fingerprint density at radius 1 is 1.38 bits per heavy atom. The molecule has 5 heteroatoms. The SMILES string of the molecule is NS(=O)(=O)Cc1cccc(C=O)c1. The summed E-state index contributed by atoms with van der Waals surface area (Å²) in [6, 6.07) is 6.32. The third-order valence-electron chi connectivity index (χ3n) is 1.45. The minimum absolute atomic E-state index is 0.241. The van der Waals surface area contributed by atoms with E-state index >= 15 is 0 Å². The molecule has 1 rings (SSSR count). The Balaban J connectivity index is 2.96. The lowest BCUT2D eigenvalue weighted by atomic mass is 10.2. The maximum Gasteiger partial charge on any atom is 0.213 e. The van der Waals surface area contributed by atoms with Crippen LogP contribution >= 0.6 is 0 Å². The summed E-state index contributed by atoms with van der Waals surface area (Å²) in [4.78, 5) is 10.3. The van der Waals surface area contributed by atoms with Crippen molar-refractivity contribution in [1.82, 2.24) is 0 Å². The van der Waals surface area contributed by atoms with Crippen molar-refractivity contribution in [2.75, 3.05) is 0 Å². The van der Waals surface area contributed by atoms with Crippen LogP contribution in [0.25, 0.3) is 0 Å². The topological polar surface area (TPSA) is 77.2 Å². The van der Waals surface area contributed by atoms with Crippen molar-refractivity contribution in [3.05, 3.63) is 35.4 Å². The van der Waals surface area contributed by atoms with Crippen LogP contribution in [0.3, 0.4) is 0 Å². The molecule has 0 heterocycles. The van der Waals surface area contributed by atoms with Crippen molar-refractivity contribution in [3.8, 4) is 0 Å². The van der Waals surface area contributed by atoms with E-state index in [0.29, 0.717) is 17.4 Å². The highest BCUT2D eigenvalue weighted by Crippen LogP contribution is 2.05. The van der Waals surface area contributed by atoms with Crippen molar-refractivity contribution in [2.45, 2.75) is 5.75 Å². The first-order valence-electron chi connectivity index (χ1n) is 3.56. The molecule has 0 atom stereocenters. The van der Waals surface area contributed by atoms with Crippen molar-refractivity contribution >= 4 is 16.3 Å². The predicted octanol–water partition coefficient (Wildman–Crippen LogP) is 0.288. The zero-order chi connectivity index (χ0) is 9.90. The molecule has 0 saturated carbocycles. The van der Waals surface area contributed by atoms with Crippen LogP contribution in [0.2, 0.25) is 0 Å². The van der Waals surface area contributed by atoms with Crippen LogP contribution in [-0.2, 0) is 15.8 Å². The van der Waals surface area contributed by atoms with Gasteiger partial charge in [0.15, 0.2) is 0 Å². The van der Waals surface area contributed by atoms with Gasteiger partial charge in [0.2, 0.25) is 10.0 Å². The minimum Gasteiger partial charge on any atom is -0.298 e. The van der Waals surface area contributed by atoms with Crippen LogP contribution in [0, 0.1) is 0 Å². The molecule has 0 aliphatic rings. The second-order valence-corrected chi connectivity index (χ2v) is 4.28. The van der Waals surface area contributed by atoms with E-state index in [1.165, 1.54) is 6.07 Å². The highest BCUT2D eigenvalue weighted by atomic mass is 32.2. The Labute approximate surface area is 76.4 Å². The predicted molar refractivity (Wildman–Crippen MR) is 48.6 cm³/mol. The molecule has 0 unspecified atom stereocenters. The molecule has 0 amide bonds. The Morgan fingerprint density at radius 2 is 2.08 bits per heavy atom. The lowest BCUT2D eigenvalue weighted by Crippen LogP contribution is -2.14. The highest BCUT2D eigenvalue weighted by molar-refractivity contribution is 7.88. The second kappa shape index (κ2) is 3.68. The first kappa shape index (κ1) is 9.88. The van der Waals surface area contributed by atoms with Gasteiger partial charge in [0, 0.05) is 5.56 Å². The zero-order valence-corrected chi connectivity index (χ0v) is 7.62. The van der Waals surface area contributed by atoms with Gasteiger partial charge >= 0.3 is 0 Å². The summed E-state index contributed by atoms with van der Waals surface area (Å²) in [5.74, 6) is -0.241. The Hall–Kier alpha value is -1.20. The van der Waals surface area contributed by atoms with Crippen LogP contribution in [0.5, 0.6) is 0 Å². The number of hydrogen-bond acceptors (Lipinski definition) is 3. The van der Waals surface area contributed by atoms with E-state index in [-0.39, 0.29) is 5.75 Å². The molecule has 0 fully saturated rings. The van der Waals surface area contributed by atoms with Crippen molar-refractivity contribution < 1.29 is 13.2 Å². The summed E-state index contributed by atoms with van der Waals surface area (Å²) in [6.45, 7) is 0. The Bertz CT molecular complexity index is 411. The van der Waals surface area contributed by atoms with Gasteiger partial charge in [-0.2, -0.15) is 0 Å². The van der Waals surface area contributed by atoms with Gasteiger partial charge in [-0.05, 0) is 11.6 Å². The van der Waals surface area contributed by atoms with Gasteiger partial charge in [0.25, 0.3) is 0 Å². The number of aldehydes is 1. The van der Waals surface area contributed by atoms with Gasteiger partial charge in [-0.3, -0.25) is 4.79 Å². The molecule has 0 aliphatic heterocycles. The first-order valence-corrected chi connectivity index (χ1v) is 5.27. The lowest BCUT2D eigenvalue weighted by Gasteiger charge is -1.98. The van der Waals surface area contributed by atoms with E-state index in [0.717, 1.165) is 0 Å². The monoisotopic (exact) mass is 199 g/mol. The first-order chi connectivity index (χ1) is 6.01. The molecule has 0 radical (unpaired) electrons. The van der Waals surface area contributed by atoms with Gasteiger partial charge in [0.1, 0.15) is 6.29 Å². The van der Waals surface area contributed by atoms with Gasteiger partial charge in [-0.25, -0.2) is 13.6 Å². The van der Waals surface area contributed by atoms with E-state index in [2.05, 4.69) is 0 Å². The summed E-state index contributed by atoms with van der Waals surface area (Å²) in [5.41, 5.74) is 0.966. The van der Waals surface area contributed by atoms with Crippen LogP contribution in [0.1, 0.15) is 15.9 Å². The number of rotatable bonds is 3. The maximum absolute atomic E-state index is 10.7. The van der Waals surface area contributed by atoms with E-state index < -0.39 is 10.0 Å². The number of sulfonamides is 1. The summed E-state index contributed by atoms with van der Waals surface area (Å²) in [6.07, 6.45) is 0.659. The standard InChI is InChI=1S/C8H9NO3S/c9-13(11,12)6-8-3-1-2-7(4-8)5-10/h1-5H,6H2,(H2,9,11,12). The fourth-order valence-corrected chi connectivity index (χ4v) is 1.63. The molecule has 4 nitrogen and oxygen atoms in total. The molecule has 13 heavy (non-hydrogen) atoms. The van der Waals surface area contributed by atoms with Crippen molar-refractivity contribution in [2.24, 2.45) is 5.14 Å². The quantitative estimate of drug-likeness (QED) is 0.710. The number of benzene rings is 1. The number of primary sulfonamides is 1. The molecule has 0 spiro atoms. The van der Waals surface area contributed by atoms with Gasteiger partial charge in [0.05, 0.1) is 5.75 Å². The molecule has 2 N–H and O–H groups in total. The molecular weight excluding hydrogens is 190 g/mol. The lowest BCUT2D eigenvalue weighted by molar-refractivity contribution is 0.112. The number of carbonyl (C=O) groups is 1. The van der Waals surface area contributed by atoms with E-state index in [1.54, 1.807) is 18.2 Å². The fourth-order valence-electron chi connectivity index (χ4n) is 0.989. The average molecular weight is 199 g/mol. The van der Waals surface area contributed by atoms with Crippen LogP contribution < -0.4 is 5.14 Å². The smallest absolute Gasteiger partial charge is 0.213 e. The van der Waals surface area contributed by atoms with Crippen LogP contribution in [0.15, 0.2) is 24.3 Å². The van der Waals surface area contributed by atoms with Gasteiger partial charge < -0.3 is 0 Å². The minimum atomic E-state index is -3.52. The van der Waals surface area contributed by atoms with Crippen molar-refractivity contribution in [1.29, 1.82) is 0 Å². The van der Waals surface area contributed by atoms with E-state index in [4.69, 9.17) is 5.14 Å². The normalized spacial score (nSPS) is 11.2. The fraction of sp³-hybridized carbons (Fsp3) is 0.125. The zero-order valence-electron chi connectivity index (χ0n) is 6.80. The van der Waals surface area contributed by atoms with Gasteiger partial charge in [-0.1, -0.05) is 18.2 Å². The molecular formula is C8H9NO3S. The van der Waals surface area contributed by atoms with Gasteiger partial charge in [-0.15, -0.1) is 0 Å². The number of carbonyl (C=O) groups excluding carboxylic acids is 1. The average Bonchev–Trinajstić information content (AvgIpc) is 2.01. The number of nitrogens with two attached hydrogens (primary N) is 1. The second-order valence-electron chi connectivity index (χ2n) is 2.67. The molecule has 0 aliphatic carbocycles. The van der Waals surface area contributed by atoms with Crippen LogP contribution in [0.4, 0.5) is 0 Å². The van der Waals surface area contributed by atoms with Crippen LogP contribution in [-0.4, -0.2) is 14.7 Å². The third-order valence-corrected chi connectivity index (χ3v) is 2.19.